The first kappa shape index (κ1) is 18.5. The standard InChI is InChI=1S/C21H22N2O4/c1-12-8-16(10-20(26-5)13(12)2)21-17(11-22-27-21)15-6-7-19(25-4)18(9-15)23-14(3)24/h6-11H,1-5H3,(H,23,24). The summed E-state index contributed by atoms with van der Waals surface area (Å²) in [5, 5.41) is 6.77. The lowest BCUT2D eigenvalue weighted by Gasteiger charge is -2.12. The van der Waals surface area contributed by atoms with Gasteiger partial charge in [0.05, 0.1) is 26.1 Å². The van der Waals surface area contributed by atoms with Crippen LogP contribution >= 0.6 is 0 Å². The quantitative estimate of drug-likeness (QED) is 0.714. The highest BCUT2D eigenvalue weighted by molar-refractivity contribution is 5.92. The summed E-state index contributed by atoms with van der Waals surface area (Å²) >= 11 is 0. The number of carbonyl (C=O) groups is 1. The molecule has 1 aromatic heterocycles. The van der Waals surface area contributed by atoms with Gasteiger partial charge in [-0.3, -0.25) is 4.79 Å². The lowest BCUT2D eigenvalue weighted by molar-refractivity contribution is -0.114. The molecule has 0 aliphatic heterocycles. The number of rotatable bonds is 5. The lowest BCUT2D eigenvalue weighted by Crippen LogP contribution is -2.07. The van der Waals surface area contributed by atoms with Crippen LogP contribution in [0.15, 0.2) is 41.1 Å². The third kappa shape index (κ3) is 3.65. The Balaban J connectivity index is 2.11. The maximum absolute atomic E-state index is 11.5. The average Bonchev–Trinajstić information content (AvgIpc) is 3.13. The maximum atomic E-state index is 11.5. The number of ether oxygens (including phenoxy) is 2. The Morgan fingerprint density at radius 1 is 1.04 bits per heavy atom. The zero-order valence-electron chi connectivity index (χ0n) is 16.0. The van der Waals surface area contributed by atoms with Crippen molar-refractivity contribution in [2.24, 2.45) is 0 Å². The number of carbonyl (C=O) groups excluding carboxylic acids is 1. The van der Waals surface area contributed by atoms with Gasteiger partial charge in [0.1, 0.15) is 11.5 Å². The first-order valence-corrected chi connectivity index (χ1v) is 8.51. The Morgan fingerprint density at radius 2 is 1.78 bits per heavy atom. The molecule has 6 heteroatoms. The third-order valence-corrected chi connectivity index (χ3v) is 4.49. The van der Waals surface area contributed by atoms with Crippen molar-refractivity contribution < 1.29 is 18.8 Å². The molecule has 0 saturated carbocycles. The van der Waals surface area contributed by atoms with Gasteiger partial charge < -0.3 is 19.3 Å². The van der Waals surface area contributed by atoms with E-state index in [1.165, 1.54) is 6.92 Å². The van der Waals surface area contributed by atoms with E-state index in [-0.39, 0.29) is 5.91 Å². The van der Waals surface area contributed by atoms with Crippen LogP contribution in [0.25, 0.3) is 22.5 Å². The van der Waals surface area contributed by atoms with Crippen molar-refractivity contribution in [2.45, 2.75) is 20.8 Å². The number of aryl methyl sites for hydroxylation is 1. The first-order valence-electron chi connectivity index (χ1n) is 8.51. The lowest BCUT2D eigenvalue weighted by atomic mass is 9.98. The molecule has 0 spiro atoms. The molecular weight excluding hydrogens is 344 g/mol. The van der Waals surface area contributed by atoms with Gasteiger partial charge in [-0.15, -0.1) is 0 Å². The second-order valence-electron chi connectivity index (χ2n) is 6.29. The normalized spacial score (nSPS) is 10.6. The summed E-state index contributed by atoms with van der Waals surface area (Å²) in [6, 6.07) is 9.52. The minimum absolute atomic E-state index is 0.171. The van der Waals surface area contributed by atoms with Crippen LogP contribution in [0.5, 0.6) is 11.5 Å². The van der Waals surface area contributed by atoms with Crippen LogP contribution in [-0.2, 0) is 4.79 Å². The van der Waals surface area contributed by atoms with E-state index in [0.29, 0.717) is 17.2 Å². The Kier molecular flexibility index (Phi) is 5.16. The third-order valence-electron chi connectivity index (χ3n) is 4.49. The van der Waals surface area contributed by atoms with Crippen molar-refractivity contribution in [1.29, 1.82) is 0 Å². The number of methoxy groups -OCH3 is 2. The zero-order valence-corrected chi connectivity index (χ0v) is 16.0. The maximum Gasteiger partial charge on any atom is 0.221 e. The second kappa shape index (κ2) is 7.53. The van der Waals surface area contributed by atoms with Gasteiger partial charge in [0.25, 0.3) is 0 Å². The highest BCUT2D eigenvalue weighted by Gasteiger charge is 2.17. The number of amides is 1. The Bertz CT molecular complexity index is 992. The largest absolute Gasteiger partial charge is 0.496 e. The van der Waals surface area contributed by atoms with E-state index < -0.39 is 0 Å². The Morgan fingerprint density at radius 3 is 2.44 bits per heavy atom. The Hall–Kier alpha value is -3.28. The molecule has 27 heavy (non-hydrogen) atoms. The van der Waals surface area contributed by atoms with Gasteiger partial charge in [0, 0.05) is 18.1 Å². The van der Waals surface area contributed by atoms with Crippen molar-refractivity contribution in [3.63, 3.8) is 0 Å². The smallest absolute Gasteiger partial charge is 0.221 e. The van der Waals surface area contributed by atoms with E-state index in [0.717, 1.165) is 33.6 Å². The van der Waals surface area contributed by atoms with Gasteiger partial charge in [-0.25, -0.2) is 0 Å². The molecule has 0 fully saturated rings. The van der Waals surface area contributed by atoms with Crippen LogP contribution in [0.3, 0.4) is 0 Å². The van der Waals surface area contributed by atoms with Gasteiger partial charge in [-0.2, -0.15) is 0 Å². The highest BCUT2D eigenvalue weighted by atomic mass is 16.5. The van der Waals surface area contributed by atoms with Crippen LogP contribution in [0.2, 0.25) is 0 Å². The zero-order chi connectivity index (χ0) is 19.6. The molecule has 0 saturated heterocycles. The molecule has 3 rings (SSSR count). The predicted octanol–water partition coefficient (Wildman–Crippen LogP) is 4.60. The summed E-state index contributed by atoms with van der Waals surface area (Å²) in [6.45, 7) is 5.50. The van der Waals surface area contributed by atoms with Gasteiger partial charge in [-0.05, 0) is 54.8 Å². The number of hydrogen-bond acceptors (Lipinski definition) is 5. The number of nitrogens with one attached hydrogen (secondary N) is 1. The first-order chi connectivity index (χ1) is 12.9. The molecule has 1 N–H and O–H groups in total. The van der Waals surface area contributed by atoms with Gasteiger partial charge >= 0.3 is 0 Å². The fraction of sp³-hybridized carbons (Fsp3) is 0.238. The van der Waals surface area contributed by atoms with E-state index in [4.69, 9.17) is 14.0 Å². The molecule has 1 heterocycles. The minimum atomic E-state index is -0.171. The molecular formula is C21H22N2O4. The SMILES string of the molecule is COc1ccc(-c2cnoc2-c2cc(C)c(C)c(OC)c2)cc1NC(C)=O. The van der Waals surface area contributed by atoms with Crippen molar-refractivity contribution in [2.75, 3.05) is 19.5 Å². The van der Waals surface area contributed by atoms with Crippen LogP contribution in [-0.4, -0.2) is 25.3 Å². The summed E-state index contributed by atoms with van der Waals surface area (Å²) in [5.74, 6) is 1.84. The van der Waals surface area contributed by atoms with Crippen LogP contribution < -0.4 is 14.8 Å². The Labute approximate surface area is 158 Å². The van der Waals surface area contributed by atoms with E-state index in [2.05, 4.69) is 10.5 Å². The number of anilines is 1. The summed E-state index contributed by atoms with van der Waals surface area (Å²) in [6.07, 6.45) is 1.66. The number of hydrogen-bond donors (Lipinski definition) is 1. The molecule has 0 aliphatic rings. The molecule has 2 aromatic carbocycles. The molecule has 0 radical (unpaired) electrons. The number of nitrogens with zero attached hydrogens (tertiary/aromatic N) is 1. The van der Waals surface area contributed by atoms with Gasteiger partial charge in [0.15, 0.2) is 5.76 Å². The van der Waals surface area contributed by atoms with E-state index in [1.54, 1.807) is 26.5 Å². The molecule has 6 nitrogen and oxygen atoms in total. The number of benzene rings is 2. The van der Waals surface area contributed by atoms with E-state index in [9.17, 15) is 4.79 Å². The minimum Gasteiger partial charge on any atom is -0.496 e. The van der Waals surface area contributed by atoms with Crippen molar-refractivity contribution in [3.05, 3.63) is 47.7 Å². The number of aromatic nitrogens is 1. The predicted molar refractivity (Wildman–Crippen MR) is 104 cm³/mol. The fourth-order valence-electron chi connectivity index (χ4n) is 2.99. The molecule has 0 aliphatic carbocycles. The summed E-state index contributed by atoms with van der Waals surface area (Å²) < 4.78 is 16.4. The fourth-order valence-corrected chi connectivity index (χ4v) is 2.99. The summed E-state index contributed by atoms with van der Waals surface area (Å²) in [7, 11) is 3.21. The molecule has 0 bridgehead atoms. The average molecular weight is 366 g/mol. The van der Waals surface area contributed by atoms with Crippen LogP contribution in [0.1, 0.15) is 18.1 Å². The summed E-state index contributed by atoms with van der Waals surface area (Å²) in [4.78, 5) is 11.5. The topological polar surface area (TPSA) is 73.6 Å². The van der Waals surface area contributed by atoms with Gasteiger partial charge in [-0.1, -0.05) is 11.2 Å². The van der Waals surface area contributed by atoms with E-state index >= 15 is 0 Å². The van der Waals surface area contributed by atoms with Crippen LogP contribution in [0, 0.1) is 13.8 Å². The molecule has 1 amide bonds. The van der Waals surface area contributed by atoms with Crippen molar-refractivity contribution in [1.82, 2.24) is 5.16 Å². The molecule has 140 valence electrons. The highest BCUT2D eigenvalue weighted by Crippen LogP contribution is 2.38. The monoisotopic (exact) mass is 366 g/mol. The van der Waals surface area contributed by atoms with Crippen molar-refractivity contribution in [3.8, 4) is 33.9 Å². The van der Waals surface area contributed by atoms with Crippen molar-refractivity contribution >= 4 is 11.6 Å². The van der Waals surface area contributed by atoms with Crippen LogP contribution in [0.4, 0.5) is 5.69 Å². The second-order valence-corrected chi connectivity index (χ2v) is 6.29. The van der Waals surface area contributed by atoms with Gasteiger partial charge in [0.2, 0.25) is 5.91 Å². The molecule has 0 atom stereocenters. The van der Waals surface area contributed by atoms with E-state index in [1.807, 2.05) is 38.1 Å². The molecule has 0 unspecified atom stereocenters. The summed E-state index contributed by atoms with van der Waals surface area (Å²) in [5.41, 5.74) is 5.31. The molecule has 3 aromatic rings.